The van der Waals surface area contributed by atoms with Crippen molar-refractivity contribution < 1.29 is 13.2 Å². The lowest BCUT2D eigenvalue weighted by Crippen LogP contribution is -2.18. The van der Waals surface area contributed by atoms with Crippen LogP contribution in [0.25, 0.3) is 0 Å². The second kappa shape index (κ2) is 6.26. The van der Waals surface area contributed by atoms with E-state index in [0.29, 0.717) is 12.2 Å². The standard InChI is InChI=1S/C16H17F3N2/c1-12-5-3-4-6-13(12)10-21(2)11-15-8-7-14(9-20-15)16(17,18)19/h3-9H,10-11H2,1-2H3. The van der Waals surface area contributed by atoms with E-state index in [-0.39, 0.29) is 0 Å². The third kappa shape index (κ3) is 4.29. The molecule has 0 saturated heterocycles. The van der Waals surface area contributed by atoms with Gasteiger partial charge in [-0.05, 0) is 37.2 Å². The maximum absolute atomic E-state index is 12.5. The van der Waals surface area contributed by atoms with Crippen molar-refractivity contribution in [2.45, 2.75) is 26.2 Å². The van der Waals surface area contributed by atoms with Gasteiger partial charge in [-0.15, -0.1) is 0 Å². The Morgan fingerprint density at radius 1 is 1.05 bits per heavy atom. The van der Waals surface area contributed by atoms with E-state index >= 15 is 0 Å². The lowest BCUT2D eigenvalue weighted by atomic mass is 10.1. The summed E-state index contributed by atoms with van der Waals surface area (Å²) in [6, 6.07) is 10.6. The molecule has 1 aromatic carbocycles. The number of aryl methyl sites for hydroxylation is 1. The van der Waals surface area contributed by atoms with Crippen LogP contribution in [-0.2, 0) is 19.3 Å². The van der Waals surface area contributed by atoms with Gasteiger partial charge >= 0.3 is 6.18 Å². The SMILES string of the molecule is Cc1ccccc1CN(C)Cc1ccc(C(F)(F)F)cn1. The van der Waals surface area contributed by atoms with Crippen LogP contribution < -0.4 is 0 Å². The summed E-state index contributed by atoms with van der Waals surface area (Å²) in [6.07, 6.45) is -3.45. The maximum Gasteiger partial charge on any atom is 0.417 e. The van der Waals surface area contributed by atoms with Gasteiger partial charge in [-0.2, -0.15) is 13.2 Å². The van der Waals surface area contributed by atoms with E-state index < -0.39 is 11.7 Å². The summed E-state index contributed by atoms with van der Waals surface area (Å²) < 4.78 is 37.4. The smallest absolute Gasteiger partial charge is 0.296 e. The molecule has 0 spiro atoms. The molecule has 0 N–H and O–H groups in total. The molecule has 0 fully saturated rings. The molecule has 0 saturated carbocycles. The van der Waals surface area contributed by atoms with Crippen LogP contribution in [0.4, 0.5) is 13.2 Å². The molecule has 0 aliphatic heterocycles. The highest BCUT2D eigenvalue weighted by atomic mass is 19.4. The van der Waals surface area contributed by atoms with Crippen LogP contribution in [0, 0.1) is 6.92 Å². The average Bonchev–Trinajstić information content (AvgIpc) is 2.41. The van der Waals surface area contributed by atoms with Gasteiger partial charge in [0, 0.05) is 19.3 Å². The van der Waals surface area contributed by atoms with Crippen LogP contribution in [0.15, 0.2) is 42.6 Å². The van der Waals surface area contributed by atoms with Gasteiger partial charge in [0.15, 0.2) is 0 Å². The zero-order valence-corrected chi connectivity index (χ0v) is 12.0. The predicted octanol–water partition coefficient (Wildman–Crippen LogP) is 4.04. The highest BCUT2D eigenvalue weighted by Gasteiger charge is 2.30. The molecule has 2 rings (SSSR count). The number of hydrogen-bond acceptors (Lipinski definition) is 2. The minimum atomic E-state index is -4.33. The van der Waals surface area contributed by atoms with Crippen LogP contribution >= 0.6 is 0 Å². The van der Waals surface area contributed by atoms with E-state index in [1.807, 2.05) is 43.1 Å². The summed E-state index contributed by atoms with van der Waals surface area (Å²) in [5.74, 6) is 0. The molecule has 2 aromatic rings. The zero-order valence-electron chi connectivity index (χ0n) is 12.0. The number of hydrogen-bond donors (Lipinski definition) is 0. The van der Waals surface area contributed by atoms with Crippen molar-refractivity contribution >= 4 is 0 Å². The minimum absolute atomic E-state index is 0.506. The number of nitrogens with zero attached hydrogens (tertiary/aromatic N) is 2. The molecular weight excluding hydrogens is 277 g/mol. The van der Waals surface area contributed by atoms with E-state index in [0.717, 1.165) is 18.8 Å². The van der Waals surface area contributed by atoms with Crippen LogP contribution in [0.1, 0.15) is 22.4 Å². The Hall–Kier alpha value is -1.88. The van der Waals surface area contributed by atoms with Gasteiger partial charge in [-0.25, -0.2) is 0 Å². The van der Waals surface area contributed by atoms with Crippen molar-refractivity contribution in [3.8, 4) is 0 Å². The van der Waals surface area contributed by atoms with Gasteiger partial charge in [-0.1, -0.05) is 24.3 Å². The average molecular weight is 294 g/mol. The Kier molecular flexibility index (Phi) is 4.63. The Morgan fingerprint density at radius 3 is 2.33 bits per heavy atom. The number of pyridine rings is 1. The van der Waals surface area contributed by atoms with Crippen molar-refractivity contribution in [1.82, 2.24) is 9.88 Å². The molecule has 1 aromatic heterocycles. The third-order valence-electron chi connectivity index (χ3n) is 3.29. The van der Waals surface area contributed by atoms with Crippen LogP contribution in [-0.4, -0.2) is 16.9 Å². The van der Waals surface area contributed by atoms with E-state index in [1.54, 1.807) is 0 Å². The Morgan fingerprint density at radius 2 is 1.76 bits per heavy atom. The number of aromatic nitrogens is 1. The predicted molar refractivity (Wildman–Crippen MR) is 75.6 cm³/mol. The van der Waals surface area contributed by atoms with Crippen molar-refractivity contribution in [2.24, 2.45) is 0 Å². The topological polar surface area (TPSA) is 16.1 Å². The van der Waals surface area contributed by atoms with Crippen LogP contribution in [0.2, 0.25) is 0 Å². The molecule has 21 heavy (non-hydrogen) atoms. The second-order valence-electron chi connectivity index (χ2n) is 5.13. The first-order valence-electron chi connectivity index (χ1n) is 6.61. The number of rotatable bonds is 4. The summed E-state index contributed by atoms with van der Waals surface area (Å²) in [4.78, 5) is 5.91. The van der Waals surface area contributed by atoms with E-state index in [4.69, 9.17) is 0 Å². The fourth-order valence-corrected chi connectivity index (χ4v) is 2.10. The van der Waals surface area contributed by atoms with Crippen molar-refractivity contribution in [2.75, 3.05) is 7.05 Å². The van der Waals surface area contributed by atoms with Gasteiger partial charge in [-0.3, -0.25) is 9.88 Å². The molecule has 0 atom stereocenters. The van der Waals surface area contributed by atoms with E-state index in [1.165, 1.54) is 17.2 Å². The maximum atomic E-state index is 12.5. The molecule has 5 heteroatoms. The molecule has 2 nitrogen and oxygen atoms in total. The number of alkyl halides is 3. The quantitative estimate of drug-likeness (QED) is 0.846. The van der Waals surface area contributed by atoms with Gasteiger partial charge in [0.1, 0.15) is 0 Å². The molecule has 0 aliphatic rings. The monoisotopic (exact) mass is 294 g/mol. The summed E-state index contributed by atoms with van der Waals surface area (Å²) in [5.41, 5.74) is 2.31. The van der Waals surface area contributed by atoms with Gasteiger partial charge in [0.2, 0.25) is 0 Å². The van der Waals surface area contributed by atoms with Gasteiger partial charge in [0.05, 0.1) is 11.3 Å². The highest BCUT2D eigenvalue weighted by Crippen LogP contribution is 2.28. The molecule has 0 radical (unpaired) electrons. The molecule has 0 bridgehead atoms. The third-order valence-corrected chi connectivity index (χ3v) is 3.29. The minimum Gasteiger partial charge on any atom is -0.296 e. The number of benzene rings is 1. The summed E-state index contributed by atoms with van der Waals surface area (Å²) in [6.45, 7) is 3.28. The Balaban J connectivity index is 2.00. The van der Waals surface area contributed by atoms with Crippen molar-refractivity contribution in [3.63, 3.8) is 0 Å². The molecule has 0 amide bonds. The summed E-state index contributed by atoms with van der Waals surface area (Å²) in [5, 5.41) is 0. The molecule has 1 heterocycles. The second-order valence-corrected chi connectivity index (χ2v) is 5.13. The first kappa shape index (κ1) is 15.5. The normalized spacial score (nSPS) is 11.9. The fraction of sp³-hybridized carbons (Fsp3) is 0.312. The fourth-order valence-electron chi connectivity index (χ4n) is 2.10. The Bertz CT molecular complexity index is 591. The summed E-state index contributed by atoms with van der Waals surface area (Å²) in [7, 11) is 1.92. The summed E-state index contributed by atoms with van der Waals surface area (Å²) >= 11 is 0. The van der Waals surface area contributed by atoms with Crippen molar-refractivity contribution in [3.05, 3.63) is 65.0 Å². The first-order chi connectivity index (χ1) is 9.86. The molecule has 112 valence electrons. The highest BCUT2D eigenvalue weighted by molar-refractivity contribution is 5.25. The van der Waals surface area contributed by atoms with Crippen LogP contribution in [0.5, 0.6) is 0 Å². The van der Waals surface area contributed by atoms with Crippen molar-refractivity contribution in [1.29, 1.82) is 0 Å². The molecular formula is C16H17F3N2. The number of halogens is 3. The molecule has 0 unspecified atom stereocenters. The van der Waals surface area contributed by atoms with Gasteiger partial charge < -0.3 is 0 Å². The lowest BCUT2D eigenvalue weighted by molar-refractivity contribution is -0.137. The molecule has 0 aliphatic carbocycles. The first-order valence-corrected chi connectivity index (χ1v) is 6.61. The zero-order chi connectivity index (χ0) is 15.5. The van der Waals surface area contributed by atoms with E-state index in [2.05, 4.69) is 4.98 Å². The van der Waals surface area contributed by atoms with E-state index in [9.17, 15) is 13.2 Å². The lowest BCUT2D eigenvalue weighted by Gasteiger charge is -2.18. The Labute approximate surface area is 122 Å². The van der Waals surface area contributed by atoms with Gasteiger partial charge in [0.25, 0.3) is 0 Å². The largest absolute Gasteiger partial charge is 0.417 e. The van der Waals surface area contributed by atoms with Crippen LogP contribution in [0.3, 0.4) is 0 Å².